The zero-order valence-corrected chi connectivity index (χ0v) is 10.4. The lowest BCUT2D eigenvalue weighted by atomic mass is 9.89. The van der Waals surface area contributed by atoms with Gasteiger partial charge in [-0.25, -0.2) is 0 Å². The molecule has 0 bridgehead atoms. The summed E-state index contributed by atoms with van der Waals surface area (Å²) in [6.45, 7) is 6.08. The Kier molecular flexibility index (Phi) is 4.41. The number of nitrogens with two attached hydrogens (primary N) is 1. The van der Waals surface area contributed by atoms with E-state index in [9.17, 15) is 0 Å². The Morgan fingerprint density at radius 2 is 2.25 bits per heavy atom. The predicted octanol–water partition coefficient (Wildman–Crippen LogP) is 1.71. The molecule has 4 nitrogen and oxygen atoms in total. The van der Waals surface area contributed by atoms with E-state index in [0.717, 1.165) is 17.7 Å². The summed E-state index contributed by atoms with van der Waals surface area (Å²) in [5.74, 6) is 5.62. The van der Waals surface area contributed by atoms with Gasteiger partial charge in [0.2, 0.25) is 0 Å². The highest BCUT2D eigenvalue weighted by atomic mass is 16.5. The molecule has 0 saturated heterocycles. The van der Waals surface area contributed by atoms with Crippen molar-refractivity contribution in [3.63, 3.8) is 0 Å². The summed E-state index contributed by atoms with van der Waals surface area (Å²) >= 11 is 0. The summed E-state index contributed by atoms with van der Waals surface area (Å²) in [7, 11) is 1.70. The summed E-state index contributed by atoms with van der Waals surface area (Å²) in [6, 6.07) is 3.95. The smallest absolute Gasteiger partial charge is 0.0855 e. The van der Waals surface area contributed by atoms with Crippen molar-refractivity contribution in [1.82, 2.24) is 10.4 Å². The maximum Gasteiger partial charge on any atom is 0.0855 e. The summed E-state index contributed by atoms with van der Waals surface area (Å²) in [5, 5.41) is 0. The Morgan fingerprint density at radius 3 is 2.62 bits per heavy atom. The molecule has 1 aromatic heterocycles. The highest BCUT2D eigenvalue weighted by molar-refractivity contribution is 5.20. The molecule has 4 heteroatoms. The molecule has 3 N–H and O–H groups in total. The fourth-order valence-corrected chi connectivity index (χ4v) is 1.74. The highest BCUT2D eigenvalue weighted by Gasteiger charge is 2.33. The summed E-state index contributed by atoms with van der Waals surface area (Å²) in [6.07, 6.45) is 2.71. The van der Waals surface area contributed by atoms with Gasteiger partial charge in [-0.1, -0.05) is 13.0 Å². The molecule has 0 spiro atoms. The lowest BCUT2D eigenvalue weighted by Gasteiger charge is -2.35. The number of hydrazine groups is 1. The van der Waals surface area contributed by atoms with Crippen LogP contribution in [0.3, 0.4) is 0 Å². The molecule has 0 fully saturated rings. The molecule has 0 radical (unpaired) electrons. The number of methoxy groups -OCH3 is 1. The lowest BCUT2D eigenvalue weighted by Crippen LogP contribution is -2.45. The van der Waals surface area contributed by atoms with E-state index in [1.54, 1.807) is 7.11 Å². The molecule has 0 aliphatic heterocycles. The Bertz CT molecular complexity index is 320. The Balaban J connectivity index is 3.02. The van der Waals surface area contributed by atoms with Gasteiger partial charge in [-0.2, -0.15) is 0 Å². The van der Waals surface area contributed by atoms with Crippen LogP contribution in [0.2, 0.25) is 0 Å². The third-order valence-electron chi connectivity index (χ3n) is 3.21. The SMILES string of the molecule is CCC(C)(OC)C(NN)c1ccc(C)nc1. The Labute approximate surface area is 97.2 Å². The van der Waals surface area contributed by atoms with Gasteiger partial charge in [-0.15, -0.1) is 0 Å². The van der Waals surface area contributed by atoms with E-state index in [-0.39, 0.29) is 11.6 Å². The molecule has 0 aliphatic rings. The summed E-state index contributed by atoms with van der Waals surface area (Å²) in [4.78, 5) is 4.28. The van der Waals surface area contributed by atoms with Crippen LogP contribution in [-0.2, 0) is 4.74 Å². The van der Waals surface area contributed by atoms with Gasteiger partial charge in [0.25, 0.3) is 0 Å². The minimum Gasteiger partial charge on any atom is -0.376 e. The zero-order valence-electron chi connectivity index (χ0n) is 10.4. The second-order valence-corrected chi connectivity index (χ2v) is 4.20. The van der Waals surface area contributed by atoms with Gasteiger partial charge in [0.05, 0.1) is 11.6 Å². The molecule has 1 rings (SSSR count). The second kappa shape index (κ2) is 5.39. The molecule has 2 atom stereocenters. The van der Waals surface area contributed by atoms with Crippen LogP contribution in [0.25, 0.3) is 0 Å². The number of hydrogen-bond donors (Lipinski definition) is 2. The minimum absolute atomic E-state index is 0.0596. The zero-order chi connectivity index (χ0) is 12.2. The van der Waals surface area contributed by atoms with Crippen molar-refractivity contribution in [3.05, 3.63) is 29.6 Å². The first kappa shape index (κ1) is 13.1. The van der Waals surface area contributed by atoms with Crippen molar-refractivity contribution >= 4 is 0 Å². The summed E-state index contributed by atoms with van der Waals surface area (Å²) in [5.41, 5.74) is 4.52. The third-order valence-corrected chi connectivity index (χ3v) is 3.21. The van der Waals surface area contributed by atoms with Crippen LogP contribution in [-0.4, -0.2) is 17.7 Å². The van der Waals surface area contributed by atoms with E-state index in [0.29, 0.717) is 0 Å². The maximum absolute atomic E-state index is 5.62. The van der Waals surface area contributed by atoms with E-state index in [2.05, 4.69) is 17.3 Å². The molecule has 90 valence electrons. The first-order chi connectivity index (χ1) is 7.57. The highest BCUT2D eigenvalue weighted by Crippen LogP contribution is 2.30. The van der Waals surface area contributed by atoms with Gasteiger partial charge in [0, 0.05) is 19.0 Å². The topological polar surface area (TPSA) is 60.2 Å². The van der Waals surface area contributed by atoms with E-state index in [4.69, 9.17) is 10.6 Å². The normalized spacial score (nSPS) is 16.8. The predicted molar refractivity (Wildman–Crippen MR) is 64.7 cm³/mol. The Hall–Kier alpha value is -0.970. The van der Waals surface area contributed by atoms with Gasteiger partial charge in [0.15, 0.2) is 0 Å². The monoisotopic (exact) mass is 223 g/mol. The number of hydrogen-bond acceptors (Lipinski definition) is 4. The fraction of sp³-hybridized carbons (Fsp3) is 0.583. The van der Waals surface area contributed by atoms with E-state index in [1.165, 1.54) is 0 Å². The van der Waals surface area contributed by atoms with Crippen LogP contribution >= 0.6 is 0 Å². The van der Waals surface area contributed by atoms with Gasteiger partial charge in [-0.05, 0) is 31.9 Å². The maximum atomic E-state index is 5.62. The van der Waals surface area contributed by atoms with Crippen molar-refractivity contribution in [2.45, 2.75) is 38.8 Å². The summed E-state index contributed by atoms with van der Waals surface area (Å²) < 4.78 is 5.55. The minimum atomic E-state index is -0.328. The molecular formula is C12H21N3O. The van der Waals surface area contributed by atoms with Crippen LogP contribution in [0.4, 0.5) is 0 Å². The van der Waals surface area contributed by atoms with Gasteiger partial charge in [0.1, 0.15) is 0 Å². The molecule has 0 saturated carbocycles. The number of nitrogens with one attached hydrogen (secondary N) is 1. The molecule has 0 aromatic carbocycles. The average molecular weight is 223 g/mol. The van der Waals surface area contributed by atoms with Gasteiger partial charge in [-0.3, -0.25) is 16.3 Å². The standard InChI is InChI=1S/C12H21N3O/c1-5-12(3,16-4)11(15-13)10-7-6-9(2)14-8-10/h6-8,11,15H,5,13H2,1-4H3. The van der Waals surface area contributed by atoms with Crippen LogP contribution in [0.5, 0.6) is 0 Å². The molecule has 16 heavy (non-hydrogen) atoms. The Morgan fingerprint density at radius 1 is 1.56 bits per heavy atom. The number of pyridine rings is 1. The molecule has 2 unspecified atom stereocenters. The second-order valence-electron chi connectivity index (χ2n) is 4.20. The van der Waals surface area contributed by atoms with E-state index in [1.807, 2.05) is 32.2 Å². The van der Waals surface area contributed by atoms with E-state index >= 15 is 0 Å². The number of ether oxygens (including phenoxy) is 1. The number of rotatable bonds is 5. The average Bonchev–Trinajstić information content (AvgIpc) is 2.32. The molecule has 0 amide bonds. The van der Waals surface area contributed by atoms with Crippen molar-refractivity contribution in [1.29, 1.82) is 0 Å². The first-order valence-electron chi connectivity index (χ1n) is 5.51. The van der Waals surface area contributed by atoms with Crippen LogP contribution in [0.15, 0.2) is 18.3 Å². The fourth-order valence-electron chi connectivity index (χ4n) is 1.74. The number of aryl methyl sites for hydroxylation is 1. The largest absolute Gasteiger partial charge is 0.376 e. The van der Waals surface area contributed by atoms with Crippen LogP contribution < -0.4 is 11.3 Å². The number of aromatic nitrogens is 1. The molecule has 0 aliphatic carbocycles. The lowest BCUT2D eigenvalue weighted by molar-refractivity contribution is -0.0301. The molecule has 1 aromatic rings. The van der Waals surface area contributed by atoms with Crippen LogP contribution in [0, 0.1) is 6.92 Å². The van der Waals surface area contributed by atoms with Crippen molar-refractivity contribution in [3.8, 4) is 0 Å². The van der Waals surface area contributed by atoms with Crippen LogP contribution in [0.1, 0.15) is 37.6 Å². The van der Waals surface area contributed by atoms with Crippen molar-refractivity contribution < 1.29 is 4.74 Å². The molecular weight excluding hydrogens is 202 g/mol. The van der Waals surface area contributed by atoms with Crippen molar-refractivity contribution in [2.75, 3.05) is 7.11 Å². The van der Waals surface area contributed by atoms with Gasteiger partial charge < -0.3 is 4.74 Å². The van der Waals surface area contributed by atoms with Gasteiger partial charge >= 0.3 is 0 Å². The van der Waals surface area contributed by atoms with Crippen molar-refractivity contribution in [2.24, 2.45) is 5.84 Å². The van der Waals surface area contributed by atoms with E-state index < -0.39 is 0 Å². The first-order valence-corrected chi connectivity index (χ1v) is 5.51. The molecule has 1 heterocycles. The number of nitrogens with zero attached hydrogens (tertiary/aromatic N) is 1. The third kappa shape index (κ3) is 2.58. The quantitative estimate of drug-likeness (QED) is 0.589.